The molecule has 1 aliphatic carbocycles. The molecule has 2 aromatic rings. The van der Waals surface area contributed by atoms with Crippen LogP contribution in [0.1, 0.15) is 68.8 Å². The van der Waals surface area contributed by atoms with Gasteiger partial charge in [-0.25, -0.2) is 9.59 Å². The number of hydrogen-bond donors (Lipinski definition) is 2. The molecular weight excluding hydrogens is 434 g/mol. The van der Waals surface area contributed by atoms with Crippen molar-refractivity contribution >= 4 is 28.6 Å². The van der Waals surface area contributed by atoms with Crippen LogP contribution in [0.25, 0.3) is 10.9 Å². The highest BCUT2D eigenvalue weighted by atomic mass is 16.4. The van der Waals surface area contributed by atoms with E-state index in [9.17, 15) is 14.4 Å². The number of benzene rings is 1. The van der Waals surface area contributed by atoms with Crippen molar-refractivity contribution in [2.45, 2.75) is 58.4 Å². The van der Waals surface area contributed by atoms with Gasteiger partial charge >= 0.3 is 11.9 Å². The number of likely N-dealkylation sites (tertiary alicyclic amines) is 1. The van der Waals surface area contributed by atoms with Gasteiger partial charge in [-0.05, 0) is 70.5 Å². The maximum Gasteiger partial charge on any atom is 0.328 e. The standard InChI is InChI=1S/C22H31N3O.C4H4O4/c1-16(2)25-15-19-7-4-8-20(22(19)23-25)21(26)13-17-9-11-24(12-10-17)14-18-5-3-6-18;5-3(6)1-2-4(7)8/h4,7-8,15-18H,3,5-6,9-14H2,1-2H3;1-2H,(H,5,6)(H,7,8)/b;2-1+. The van der Waals surface area contributed by atoms with Crippen molar-refractivity contribution in [3.8, 4) is 0 Å². The molecule has 1 aromatic carbocycles. The molecule has 34 heavy (non-hydrogen) atoms. The lowest BCUT2D eigenvalue weighted by Crippen LogP contribution is -2.39. The van der Waals surface area contributed by atoms with E-state index in [4.69, 9.17) is 10.2 Å². The van der Waals surface area contributed by atoms with Crippen molar-refractivity contribution in [3.05, 3.63) is 42.1 Å². The molecule has 1 aromatic heterocycles. The maximum atomic E-state index is 13.0. The zero-order valence-corrected chi connectivity index (χ0v) is 20.0. The molecule has 8 nitrogen and oxygen atoms in total. The zero-order valence-electron chi connectivity index (χ0n) is 20.0. The van der Waals surface area contributed by atoms with Crippen LogP contribution in [0.2, 0.25) is 0 Å². The third-order valence-electron chi connectivity index (χ3n) is 6.67. The van der Waals surface area contributed by atoms with Crippen LogP contribution in [0.4, 0.5) is 0 Å². The van der Waals surface area contributed by atoms with E-state index in [1.54, 1.807) is 0 Å². The first kappa shape index (κ1) is 25.6. The minimum absolute atomic E-state index is 0.266. The summed E-state index contributed by atoms with van der Waals surface area (Å²) >= 11 is 0. The summed E-state index contributed by atoms with van der Waals surface area (Å²) in [5, 5.41) is 21.4. The number of ketones is 1. The molecule has 2 fully saturated rings. The Hall–Kier alpha value is -3.00. The second-order valence-corrected chi connectivity index (χ2v) is 9.62. The van der Waals surface area contributed by atoms with Crippen LogP contribution in [0.5, 0.6) is 0 Å². The number of carbonyl (C=O) groups is 3. The van der Waals surface area contributed by atoms with E-state index in [2.05, 4.69) is 36.1 Å². The molecule has 2 aliphatic rings. The van der Waals surface area contributed by atoms with E-state index in [1.807, 2.05) is 16.8 Å². The highest BCUT2D eigenvalue weighted by molar-refractivity contribution is 6.06. The number of rotatable bonds is 8. The number of fused-ring (bicyclic) bond motifs is 1. The molecule has 0 amide bonds. The Bertz CT molecular complexity index is 1010. The number of Topliss-reactive ketones (excluding diaryl/α,β-unsaturated/α-hetero) is 1. The molecule has 1 aliphatic heterocycles. The zero-order chi connectivity index (χ0) is 24.7. The summed E-state index contributed by atoms with van der Waals surface area (Å²) in [6, 6.07) is 6.30. The van der Waals surface area contributed by atoms with Gasteiger partial charge in [-0.2, -0.15) is 5.10 Å². The number of carboxylic acid groups (broad SMARTS) is 2. The molecule has 0 radical (unpaired) electrons. The molecule has 0 unspecified atom stereocenters. The minimum atomic E-state index is -1.26. The number of nitrogens with zero attached hydrogens (tertiary/aromatic N) is 3. The van der Waals surface area contributed by atoms with Gasteiger partial charge in [0.15, 0.2) is 5.78 Å². The summed E-state index contributed by atoms with van der Waals surface area (Å²) < 4.78 is 1.96. The van der Waals surface area contributed by atoms with Crippen molar-refractivity contribution in [3.63, 3.8) is 0 Å². The lowest BCUT2D eigenvalue weighted by molar-refractivity contribution is -0.134. The summed E-state index contributed by atoms with van der Waals surface area (Å²) in [6.07, 6.45) is 10.4. The minimum Gasteiger partial charge on any atom is -0.478 e. The molecule has 184 valence electrons. The lowest BCUT2D eigenvalue weighted by Gasteiger charge is -2.36. The fraction of sp³-hybridized carbons (Fsp3) is 0.538. The Morgan fingerprint density at radius 1 is 1.03 bits per heavy atom. The average Bonchev–Trinajstić information content (AvgIpc) is 3.21. The lowest BCUT2D eigenvalue weighted by atomic mass is 9.84. The van der Waals surface area contributed by atoms with Crippen molar-refractivity contribution in [1.29, 1.82) is 0 Å². The molecule has 0 spiro atoms. The van der Waals surface area contributed by atoms with Gasteiger partial charge in [0.25, 0.3) is 0 Å². The van der Waals surface area contributed by atoms with E-state index < -0.39 is 11.9 Å². The van der Waals surface area contributed by atoms with E-state index in [-0.39, 0.29) is 5.78 Å². The van der Waals surface area contributed by atoms with Gasteiger partial charge in [0, 0.05) is 48.3 Å². The van der Waals surface area contributed by atoms with Gasteiger partial charge in [0.1, 0.15) is 5.52 Å². The van der Waals surface area contributed by atoms with Gasteiger partial charge < -0.3 is 15.1 Å². The third kappa shape index (κ3) is 7.25. The van der Waals surface area contributed by atoms with E-state index in [0.29, 0.717) is 30.5 Å². The molecule has 4 rings (SSSR count). The summed E-state index contributed by atoms with van der Waals surface area (Å²) in [6.45, 7) is 7.85. The first-order valence-electron chi connectivity index (χ1n) is 12.1. The fourth-order valence-electron chi connectivity index (χ4n) is 4.48. The van der Waals surface area contributed by atoms with Crippen LogP contribution in [0, 0.1) is 11.8 Å². The van der Waals surface area contributed by atoms with Crippen LogP contribution in [0.15, 0.2) is 36.5 Å². The number of carboxylic acids is 2. The smallest absolute Gasteiger partial charge is 0.328 e. The molecule has 1 saturated heterocycles. The number of carbonyl (C=O) groups excluding carboxylic acids is 1. The van der Waals surface area contributed by atoms with Crippen LogP contribution in [-0.4, -0.2) is 62.2 Å². The summed E-state index contributed by atoms with van der Waals surface area (Å²) in [5.74, 6) is -0.772. The van der Waals surface area contributed by atoms with Crippen molar-refractivity contribution in [1.82, 2.24) is 14.7 Å². The Balaban J connectivity index is 0.000000350. The Morgan fingerprint density at radius 2 is 1.68 bits per heavy atom. The SMILES string of the molecule is CC(C)n1cc2cccc(C(=O)CC3CCN(CC4CCC4)CC3)c2n1.O=C(O)/C=C/C(=O)O. The molecule has 0 bridgehead atoms. The first-order valence-corrected chi connectivity index (χ1v) is 12.1. The summed E-state index contributed by atoms with van der Waals surface area (Å²) in [5.41, 5.74) is 1.67. The number of piperidine rings is 1. The van der Waals surface area contributed by atoms with Gasteiger partial charge in [-0.3, -0.25) is 9.48 Å². The first-order chi connectivity index (χ1) is 16.2. The Morgan fingerprint density at radius 3 is 2.21 bits per heavy atom. The van der Waals surface area contributed by atoms with Gasteiger partial charge in [0.2, 0.25) is 0 Å². The quantitative estimate of drug-likeness (QED) is 0.435. The highest BCUT2D eigenvalue weighted by Crippen LogP contribution is 2.30. The van der Waals surface area contributed by atoms with E-state index >= 15 is 0 Å². The maximum absolute atomic E-state index is 13.0. The van der Waals surface area contributed by atoms with Crippen molar-refractivity contribution < 1.29 is 24.6 Å². The molecule has 8 heteroatoms. The van der Waals surface area contributed by atoms with Crippen LogP contribution < -0.4 is 0 Å². The Labute approximate surface area is 200 Å². The summed E-state index contributed by atoms with van der Waals surface area (Å²) in [4.78, 5) is 34.7. The molecule has 2 heterocycles. The third-order valence-corrected chi connectivity index (χ3v) is 6.67. The van der Waals surface area contributed by atoms with Gasteiger partial charge in [-0.1, -0.05) is 18.6 Å². The second kappa shape index (κ2) is 11.9. The van der Waals surface area contributed by atoms with Crippen molar-refractivity contribution in [2.75, 3.05) is 19.6 Å². The predicted octanol–water partition coefficient (Wildman–Crippen LogP) is 4.41. The normalized spacial score (nSPS) is 17.5. The molecular formula is C26H35N3O5. The molecule has 0 atom stereocenters. The number of hydrogen-bond acceptors (Lipinski definition) is 5. The average molecular weight is 470 g/mol. The van der Waals surface area contributed by atoms with E-state index in [1.165, 1.54) is 38.9 Å². The monoisotopic (exact) mass is 469 g/mol. The van der Waals surface area contributed by atoms with E-state index in [0.717, 1.165) is 35.2 Å². The molecule has 1 saturated carbocycles. The van der Waals surface area contributed by atoms with Crippen LogP contribution >= 0.6 is 0 Å². The van der Waals surface area contributed by atoms with Crippen LogP contribution in [-0.2, 0) is 9.59 Å². The number of aliphatic carboxylic acids is 2. The van der Waals surface area contributed by atoms with Crippen LogP contribution in [0.3, 0.4) is 0 Å². The second-order valence-electron chi connectivity index (χ2n) is 9.62. The van der Waals surface area contributed by atoms with Crippen molar-refractivity contribution in [2.24, 2.45) is 11.8 Å². The predicted molar refractivity (Wildman–Crippen MR) is 130 cm³/mol. The van der Waals surface area contributed by atoms with Gasteiger partial charge in [-0.15, -0.1) is 0 Å². The fourth-order valence-corrected chi connectivity index (χ4v) is 4.48. The topological polar surface area (TPSA) is 113 Å². The van der Waals surface area contributed by atoms with Gasteiger partial charge in [0.05, 0.1) is 0 Å². The molecule has 2 N–H and O–H groups in total. The summed E-state index contributed by atoms with van der Waals surface area (Å²) in [7, 11) is 0. The largest absolute Gasteiger partial charge is 0.478 e. The number of aromatic nitrogens is 2. The Kier molecular flexibility index (Phi) is 8.98. The highest BCUT2D eigenvalue weighted by Gasteiger charge is 2.26.